The first-order valence-electron chi connectivity index (χ1n) is 8.18. The summed E-state index contributed by atoms with van der Waals surface area (Å²) in [6, 6.07) is 18.7. The minimum Gasteiger partial charge on any atom is -0.489 e. The lowest BCUT2D eigenvalue weighted by Crippen LogP contribution is -2.17. The van der Waals surface area contributed by atoms with Gasteiger partial charge in [-0.2, -0.15) is 5.10 Å². The van der Waals surface area contributed by atoms with Crippen molar-refractivity contribution in [3.8, 4) is 5.75 Å². The fourth-order valence-corrected chi connectivity index (χ4v) is 2.50. The molecule has 2 aromatic carbocycles. The smallest absolute Gasteiger partial charge is 0.119 e. The molecule has 1 N–H and O–H groups in total. The minimum absolute atomic E-state index is 0.271. The first-order chi connectivity index (χ1) is 11.7. The van der Waals surface area contributed by atoms with Crippen molar-refractivity contribution in [3.05, 3.63) is 83.7 Å². The fourth-order valence-electron chi connectivity index (χ4n) is 2.50. The number of aromatic nitrogens is 2. The molecule has 0 aliphatic rings. The molecule has 0 saturated heterocycles. The van der Waals surface area contributed by atoms with E-state index in [0.29, 0.717) is 6.61 Å². The van der Waals surface area contributed by atoms with Crippen LogP contribution in [0, 0.1) is 0 Å². The third-order valence-electron chi connectivity index (χ3n) is 4.01. The van der Waals surface area contributed by atoms with Gasteiger partial charge in [-0.1, -0.05) is 42.5 Å². The van der Waals surface area contributed by atoms with Crippen molar-refractivity contribution < 1.29 is 4.74 Å². The molecule has 3 aromatic rings. The van der Waals surface area contributed by atoms with Crippen molar-refractivity contribution in [2.45, 2.75) is 26.1 Å². The molecule has 0 radical (unpaired) electrons. The highest BCUT2D eigenvalue weighted by Crippen LogP contribution is 2.16. The topological polar surface area (TPSA) is 39.1 Å². The van der Waals surface area contributed by atoms with E-state index in [-0.39, 0.29) is 6.04 Å². The third-order valence-corrected chi connectivity index (χ3v) is 4.01. The third kappa shape index (κ3) is 4.46. The number of nitrogens with zero attached hydrogens (tertiary/aromatic N) is 2. The van der Waals surface area contributed by atoms with Crippen LogP contribution in [0.25, 0.3) is 0 Å². The van der Waals surface area contributed by atoms with Gasteiger partial charge >= 0.3 is 0 Å². The molecule has 0 fully saturated rings. The number of hydrogen-bond donors (Lipinski definition) is 1. The lowest BCUT2D eigenvalue weighted by atomic mass is 10.1. The monoisotopic (exact) mass is 321 g/mol. The molecule has 24 heavy (non-hydrogen) atoms. The number of nitrogens with one attached hydrogen (secondary N) is 1. The van der Waals surface area contributed by atoms with E-state index in [1.165, 1.54) is 16.7 Å². The van der Waals surface area contributed by atoms with E-state index < -0.39 is 0 Å². The number of hydrogen-bond acceptors (Lipinski definition) is 3. The first-order valence-corrected chi connectivity index (χ1v) is 8.18. The molecular formula is C20H23N3O. The van der Waals surface area contributed by atoms with Crippen molar-refractivity contribution >= 4 is 0 Å². The van der Waals surface area contributed by atoms with Gasteiger partial charge in [0.15, 0.2) is 0 Å². The van der Waals surface area contributed by atoms with Crippen LogP contribution >= 0.6 is 0 Å². The van der Waals surface area contributed by atoms with E-state index in [1.807, 2.05) is 54.5 Å². The van der Waals surface area contributed by atoms with Crippen molar-refractivity contribution in [1.29, 1.82) is 0 Å². The minimum atomic E-state index is 0.271. The van der Waals surface area contributed by atoms with Crippen LogP contribution in [-0.2, 0) is 20.2 Å². The van der Waals surface area contributed by atoms with Crippen molar-refractivity contribution in [2.24, 2.45) is 7.05 Å². The Bertz CT molecular complexity index is 750. The SMILES string of the molecule is CC(NCc1ccc(OCc2ccccc2)cc1)c1cnn(C)c1. The number of benzene rings is 2. The van der Waals surface area contributed by atoms with Gasteiger partial charge in [0.1, 0.15) is 12.4 Å². The highest BCUT2D eigenvalue weighted by Gasteiger charge is 2.06. The van der Waals surface area contributed by atoms with Crippen LogP contribution in [0.5, 0.6) is 5.75 Å². The van der Waals surface area contributed by atoms with Gasteiger partial charge in [0.05, 0.1) is 6.20 Å². The molecule has 0 saturated carbocycles. The number of aryl methyl sites for hydroxylation is 1. The fraction of sp³-hybridized carbons (Fsp3) is 0.250. The largest absolute Gasteiger partial charge is 0.489 e. The van der Waals surface area contributed by atoms with E-state index in [2.05, 4.69) is 41.6 Å². The van der Waals surface area contributed by atoms with Gasteiger partial charge in [-0.25, -0.2) is 0 Å². The van der Waals surface area contributed by atoms with E-state index in [0.717, 1.165) is 12.3 Å². The van der Waals surface area contributed by atoms with Crippen LogP contribution in [-0.4, -0.2) is 9.78 Å². The highest BCUT2D eigenvalue weighted by atomic mass is 16.5. The molecular weight excluding hydrogens is 298 g/mol. The summed E-state index contributed by atoms with van der Waals surface area (Å²) >= 11 is 0. The predicted octanol–water partition coefficient (Wildman–Crippen LogP) is 3.85. The van der Waals surface area contributed by atoms with Gasteiger partial charge in [0.25, 0.3) is 0 Å². The summed E-state index contributed by atoms with van der Waals surface area (Å²) in [4.78, 5) is 0. The average Bonchev–Trinajstić information content (AvgIpc) is 3.06. The zero-order valence-electron chi connectivity index (χ0n) is 14.1. The molecule has 0 amide bonds. The maximum absolute atomic E-state index is 5.81. The van der Waals surface area contributed by atoms with E-state index >= 15 is 0 Å². The normalized spacial score (nSPS) is 12.1. The standard InChI is InChI=1S/C20H23N3O/c1-16(19-13-22-23(2)14-19)21-12-17-8-10-20(11-9-17)24-15-18-6-4-3-5-7-18/h3-11,13-14,16,21H,12,15H2,1-2H3. The molecule has 1 heterocycles. The molecule has 0 spiro atoms. The van der Waals surface area contributed by atoms with Crippen LogP contribution in [0.4, 0.5) is 0 Å². The molecule has 1 unspecified atom stereocenters. The second kappa shape index (κ2) is 7.79. The Morgan fingerprint density at radius 3 is 2.46 bits per heavy atom. The molecule has 0 aliphatic heterocycles. The van der Waals surface area contributed by atoms with E-state index in [4.69, 9.17) is 4.74 Å². The number of rotatable bonds is 7. The molecule has 1 aromatic heterocycles. The molecule has 0 bridgehead atoms. The van der Waals surface area contributed by atoms with Gasteiger partial charge in [0, 0.05) is 31.4 Å². The molecule has 124 valence electrons. The number of ether oxygens (including phenoxy) is 1. The van der Waals surface area contributed by atoms with Crippen LogP contribution in [0.15, 0.2) is 67.0 Å². The molecule has 1 atom stereocenters. The molecule has 0 aliphatic carbocycles. The summed E-state index contributed by atoms with van der Waals surface area (Å²) in [5.41, 5.74) is 3.60. The Morgan fingerprint density at radius 1 is 1.04 bits per heavy atom. The molecule has 4 nitrogen and oxygen atoms in total. The van der Waals surface area contributed by atoms with Gasteiger partial charge in [-0.15, -0.1) is 0 Å². The highest BCUT2D eigenvalue weighted by molar-refractivity contribution is 5.28. The zero-order chi connectivity index (χ0) is 16.8. The quantitative estimate of drug-likeness (QED) is 0.718. The van der Waals surface area contributed by atoms with Crippen molar-refractivity contribution in [1.82, 2.24) is 15.1 Å². The summed E-state index contributed by atoms with van der Waals surface area (Å²) in [6.07, 6.45) is 3.94. The van der Waals surface area contributed by atoms with Crippen LogP contribution in [0.2, 0.25) is 0 Å². The Labute approximate surface area is 143 Å². The van der Waals surface area contributed by atoms with E-state index in [9.17, 15) is 0 Å². The maximum atomic E-state index is 5.81. The Morgan fingerprint density at radius 2 is 1.79 bits per heavy atom. The van der Waals surface area contributed by atoms with Gasteiger partial charge in [0.2, 0.25) is 0 Å². The lowest BCUT2D eigenvalue weighted by Gasteiger charge is -2.12. The Hall–Kier alpha value is -2.59. The van der Waals surface area contributed by atoms with Gasteiger partial charge in [-0.05, 0) is 30.2 Å². The molecule has 4 heteroatoms. The molecule has 3 rings (SSSR count). The van der Waals surface area contributed by atoms with Crippen LogP contribution in [0.1, 0.15) is 29.7 Å². The second-order valence-corrected chi connectivity index (χ2v) is 5.97. The summed E-state index contributed by atoms with van der Waals surface area (Å²) in [5.74, 6) is 0.892. The van der Waals surface area contributed by atoms with Crippen molar-refractivity contribution in [2.75, 3.05) is 0 Å². The first kappa shape index (κ1) is 16.3. The van der Waals surface area contributed by atoms with Crippen LogP contribution < -0.4 is 10.1 Å². The van der Waals surface area contributed by atoms with Gasteiger partial charge < -0.3 is 10.1 Å². The Balaban J connectivity index is 1.49. The lowest BCUT2D eigenvalue weighted by molar-refractivity contribution is 0.306. The summed E-state index contributed by atoms with van der Waals surface area (Å²) in [5, 5.41) is 7.72. The van der Waals surface area contributed by atoms with Crippen molar-refractivity contribution in [3.63, 3.8) is 0 Å². The zero-order valence-corrected chi connectivity index (χ0v) is 14.1. The predicted molar refractivity (Wildman–Crippen MR) is 95.7 cm³/mol. The van der Waals surface area contributed by atoms with Gasteiger partial charge in [-0.3, -0.25) is 4.68 Å². The summed E-state index contributed by atoms with van der Waals surface area (Å²) in [7, 11) is 1.93. The summed E-state index contributed by atoms with van der Waals surface area (Å²) in [6.45, 7) is 3.56. The van der Waals surface area contributed by atoms with Crippen LogP contribution in [0.3, 0.4) is 0 Å². The van der Waals surface area contributed by atoms with E-state index in [1.54, 1.807) is 0 Å². The second-order valence-electron chi connectivity index (χ2n) is 5.97. The summed E-state index contributed by atoms with van der Waals surface area (Å²) < 4.78 is 7.64. The maximum Gasteiger partial charge on any atom is 0.119 e. The Kier molecular flexibility index (Phi) is 5.29. The average molecular weight is 321 g/mol.